The number of carbonyl (C=O) groups excluding carboxylic acids is 1. The van der Waals surface area contributed by atoms with Crippen LogP contribution in [-0.2, 0) is 4.79 Å². The lowest BCUT2D eigenvalue weighted by Crippen LogP contribution is -2.48. The zero-order valence-electron chi connectivity index (χ0n) is 11.3. The minimum absolute atomic E-state index is 0.0180. The lowest BCUT2D eigenvalue weighted by molar-refractivity contribution is -0.143. The van der Waals surface area contributed by atoms with Gasteiger partial charge in [0.1, 0.15) is 0 Å². The van der Waals surface area contributed by atoms with Crippen molar-refractivity contribution in [3.8, 4) is 0 Å². The summed E-state index contributed by atoms with van der Waals surface area (Å²) >= 11 is 1.87. The first kappa shape index (κ1) is 14.5. The number of hydrogen-bond acceptors (Lipinski definition) is 3. The van der Waals surface area contributed by atoms with Gasteiger partial charge in [-0.2, -0.15) is 11.8 Å². The van der Waals surface area contributed by atoms with Crippen molar-refractivity contribution in [1.29, 1.82) is 0 Å². The molecule has 1 aliphatic heterocycles. The van der Waals surface area contributed by atoms with Gasteiger partial charge in [-0.15, -0.1) is 0 Å². The summed E-state index contributed by atoms with van der Waals surface area (Å²) in [5, 5.41) is 12.7. The maximum absolute atomic E-state index is 12.1. The Morgan fingerprint density at radius 3 is 2.42 bits per heavy atom. The molecule has 1 heterocycles. The van der Waals surface area contributed by atoms with Crippen molar-refractivity contribution in [2.45, 2.75) is 43.4 Å². The van der Waals surface area contributed by atoms with Crippen molar-refractivity contribution in [2.24, 2.45) is 5.92 Å². The summed E-state index contributed by atoms with van der Waals surface area (Å²) in [6, 6.07) is 0.276. The molecule has 0 bridgehead atoms. The maximum Gasteiger partial charge on any atom is 0.317 e. The smallest absolute Gasteiger partial charge is 0.317 e. The van der Waals surface area contributed by atoms with E-state index in [1.54, 1.807) is 4.90 Å². The van der Waals surface area contributed by atoms with Gasteiger partial charge in [-0.25, -0.2) is 4.79 Å². The highest BCUT2D eigenvalue weighted by molar-refractivity contribution is 7.99. The predicted octanol–water partition coefficient (Wildman–Crippen LogP) is 1.78. The van der Waals surface area contributed by atoms with Crippen LogP contribution < -0.4 is 5.32 Å². The number of thioether (sulfide) groups is 1. The van der Waals surface area contributed by atoms with E-state index in [9.17, 15) is 9.59 Å². The topological polar surface area (TPSA) is 69.6 Å². The molecule has 0 radical (unpaired) electrons. The number of piperidine rings is 1. The zero-order valence-corrected chi connectivity index (χ0v) is 12.1. The SMILES string of the molecule is CSC1CCC(NC(=O)N2CCC(C(=O)O)CC2)C1. The van der Waals surface area contributed by atoms with Crippen molar-refractivity contribution < 1.29 is 14.7 Å². The molecule has 1 saturated heterocycles. The molecule has 1 aliphatic carbocycles. The first-order valence-corrected chi connectivity index (χ1v) is 8.20. The summed E-state index contributed by atoms with van der Waals surface area (Å²) in [6.07, 6.45) is 6.54. The van der Waals surface area contributed by atoms with Crippen molar-refractivity contribution in [1.82, 2.24) is 10.2 Å². The van der Waals surface area contributed by atoms with Gasteiger partial charge in [-0.1, -0.05) is 0 Å². The maximum atomic E-state index is 12.1. The molecule has 108 valence electrons. The van der Waals surface area contributed by atoms with Crippen LogP contribution in [0.1, 0.15) is 32.1 Å². The molecule has 0 aromatic heterocycles. The largest absolute Gasteiger partial charge is 0.481 e. The lowest BCUT2D eigenvalue weighted by atomic mass is 9.97. The molecule has 0 spiro atoms. The zero-order chi connectivity index (χ0) is 13.8. The molecular formula is C13H22N2O3S. The Morgan fingerprint density at radius 2 is 1.89 bits per heavy atom. The molecule has 2 fully saturated rings. The summed E-state index contributed by atoms with van der Waals surface area (Å²) in [5.41, 5.74) is 0. The highest BCUT2D eigenvalue weighted by atomic mass is 32.2. The number of hydrogen-bond donors (Lipinski definition) is 2. The molecular weight excluding hydrogens is 264 g/mol. The minimum Gasteiger partial charge on any atom is -0.481 e. The van der Waals surface area contributed by atoms with Crippen LogP contribution >= 0.6 is 11.8 Å². The third-order valence-corrected chi connectivity index (χ3v) is 5.27. The van der Waals surface area contributed by atoms with Crippen LogP contribution in [0, 0.1) is 5.92 Å². The summed E-state index contributed by atoms with van der Waals surface area (Å²) in [4.78, 5) is 24.7. The fraction of sp³-hybridized carbons (Fsp3) is 0.846. The molecule has 19 heavy (non-hydrogen) atoms. The average molecular weight is 286 g/mol. The van der Waals surface area contributed by atoms with Crippen molar-refractivity contribution >= 4 is 23.8 Å². The van der Waals surface area contributed by atoms with Gasteiger partial charge < -0.3 is 15.3 Å². The highest BCUT2D eigenvalue weighted by Crippen LogP contribution is 2.28. The van der Waals surface area contributed by atoms with E-state index in [-0.39, 0.29) is 11.9 Å². The molecule has 2 aliphatic rings. The molecule has 2 rings (SSSR count). The number of amides is 2. The number of carboxylic acids is 1. The Kier molecular flexibility index (Phi) is 4.96. The van der Waals surface area contributed by atoms with E-state index in [0.29, 0.717) is 37.2 Å². The second-order valence-electron chi connectivity index (χ2n) is 5.42. The number of carbonyl (C=O) groups is 2. The van der Waals surface area contributed by atoms with Crippen molar-refractivity contribution in [3.63, 3.8) is 0 Å². The number of urea groups is 1. The van der Waals surface area contributed by atoms with Crippen LogP contribution in [0.2, 0.25) is 0 Å². The lowest BCUT2D eigenvalue weighted by Gasteiger charge is -2.31. The van der Waals surface area contributed by atoms with Crippen LogP contribution in [0.25, 0.3) is 0 Å². The second-order valence-corrected chi connectivity index (χ2v) is 6.55. The Balaban J connectivity index is 1.74. The first-order valence-electron chi connectivity index (χ1n) is 6.91. The third kappa shape index (κ3) is 3.78. The Labute approximate surface area is 118 Å². The van der Waals surface area contributed by atoms with E-state index in [2.05, 4.69) is 11.6 Å². The van der Waals surface area contributed by atoms with Crippen LogP contribution in [0.4, 0.5) is 4.79 Å². The highest BCUT2D eigenvalue weighted by Gasteiger charge is 2.30. The Morgan fingerprint density at radius 1 is 1.21 bits per heavy atom. The molecule has 2 atom stereocenters. The number of aliphatic carboxylic acids is 1. The number of nitrogens with one attached hydrogen (secondary N) is 1. The van der Waals surface area contributed by atoms with Crippen molar-refractivity contribution in [2.75, 3.05) is 19.3 Å². The van der Waals surface area contributed by atoms with Crippen LogP contribution in [0.5, 0.6) is 0 Å². The standard InChI is InChI=1S/C13H22N2O3S/c1-19-11-3-2-10(8-11)14-13(18)15-6-4-9(5-7-15)12(16)17/h9-11H,2-8H2,1H3,(H,14,18)(H,16,17). The van der Waals surface area contributed by atoms with E-state index in [1.165, 1.54) is 6.42 Å². The third-order valence-electron chi connectivity index (χ3n) is 4.18. The van der Waals surface area contributed by atoms with E-state index < -0.39 is 5.97 Å². The molecule has 2 N–H and O–H groups in total. The fourth-order valence-electron chi connectivity index (χ4n) is 2.88. The number of nitrogens with zero attached hydrogens (tertiary/aromatic N) is 1. The summed E-state index contributed by atoms with van der Waals surface area (Å²) in [5.74, 6) is -1.02. The quantitative estimate of drug-likeness (QED) is 0.829. The molecule has 2 amide bonds. The molecule has 6 heteroatoms. The first-order chi connectivity index (χ1) is 9.10. The van der Waals surface area contributed by atoms with Crippen LogP contribution in [0.15, 0.2) is 0 Å². The minimum atomic E-state index is -0.737. The van der Waals surface area contributed by atoms with Gasteiger partial charge in [0.2, 0.25) is 0 Å². The van der Waals surface area contributed by atoms with Gasteiger partial charge in [-0.05, 0) is 38.4 Å². The number of likely N-dealkylation sites (tertiary alicyclic amines) is 1. The molecule has 0 aromatic rings. The van der Waals surface area contributed by atoms with Gasteiger partial charge in [0.05, 0.1) is 5.92 Å². The van der Waals surface area contributed by atoms with Gasteiger partial charge >= 0.3 is 12.0 Å². The van der Waals surface area contributed by atoms with Crippen molar-refractivity contribution in [3.05, 3.63) is 0 Å². The molecule has 2 unspecified atom stereocenters. The predicted molar refractivity (Wildman–Crippen MR) is 75.4 cm³/mol. The molecule has 0 aromatic carbocycles. The fourth-order valence-corrected chi connectivity index (χ4v) is 3.68. The Hall–Kier alpha value is -0.910. The van der Waals surface area contributed by atoms with Gasteiger partial charge in [-0.3, -0.25) is 4.79 Å². The van der Waals surface area contributed by atoms with E-state index in [0.717, 1.165) is 12.8 Å². The second kappa shape index (κ2) is 6.50. The van der Waals surface area contributed by atoms with Crippen LogP contribution in [-0.4, -0.2) is 52.6 Å². The average Bonchev–Trinajstić information content (AvgIpc) is 2.86. The summed E-state index contributed by atoms with van der Waals surface area (Å²) < 4.78 is 0. The Bertz CT molecular complexity index is 343. The number of carboxylic acid groups (broad SMARTS) is 1. The van der Waals surface area contributed by atoms with Gasteiger partial charge in [0.15, 0.2) is 0 Å². The monoisotopic (exact) mass is 286 g/mol. The van der Waals surface area contributed by atoms with Gasteiger partial charge in [0.25, 0.3) is 0 Å². The van der Waals surface area contributed by atoms with E-state index in [4.69, 9.17) is 5.11 Å². The molecule has 5 nitrogen and oxygen atoms in total. The van der Waals surface area contributed by atoms with Gasteiger partial charge in [0, 0.05) is 24.4 Å². The number of rotatable bonds is 3. The summed E-state index contributed by atoms with van der Waals surface area (Å²) in [6.45, 7) is 1.11. The van der Waals surface area contributed by atoms with Crippen LogP contribution in [0.3, 0.4) is 0 Å². The van der Waals surface area contributed by atoms with E-state index in [1.807, 2.05) is 11.8 Å². The molecule has 1 saturated carbocycles. The summed E-state index contributed by atoms with van der Waals surface area (Å²) in [7, 11) is 0. The normalized spacial score (nSPS) is 28.4. The van der Waals surface area contributed by atoms with E-state index >= 15 is 0 Å².